The highest BCUT2D eigenvalue weighted by atomic mass is 16.1. The maximum Gasteiger partial charge on any atom is 0.170 e. The predicted molar refractivity (Wildman–Crippen MR) is 78.4 cm³/mol. The molecule has 0 aliphatic heterocycles. The van der Waals surface area contributed by atoms with Gasteiger partial charge in [-0.15, -0.1) is 5.10 Å². The van der Waals surface area contributed by atoms with Gasteiger partial charge in [-0.3, -0.25) is 4.79 Å². The first kappa shape index (κ1) is 13.2. The summed E-state index contributed by atoms with van der Waals surface area (Å²) >= 11 is 0. The Bertz CT molecular complexity index is 747. The van der Waals surface area contributed by atoms with E-state index in [4.69, 9.17) is 0 Å². The fourth-order valence-corrected chi connectivity index (χ4v) is 2.07. The Kier molecular flexibility index (Phi) is 3.55. The zero-order valence-electron chi connectivity index (χ0n) is 11.6. The maximum atomic E-state index is 12.3. The van der Waals surface area contributed by atoms with Crippen LogP contribution in [-0.2, 0) is 6.42 Å². The zero-order valence-corrected chi connectivity index (χ0v) is 11.6. The third kappa shape index (κ3) is 2.86. The van der Waals surface area contributed by atoms with E-state index in [9.17, 15) is 4.79 Å². The Hall–Kier alpha value is -2.82. The van der Waals surface area contributed by atoms with E-state index in [1.165, 1.54) is 0 Å². The van der Waals surface area contributed by atoms with Crippen LogP contribution in [0.3, 0.4) is 0 Å². The summed E-state index contributed by atoms with van der Waals surface area (Å²) in [5.41, 5.74) is 2.64. The number of carbonyl (C=O) groups is 1. The number of rotatable bonds is 4. The van der Waals surface area contributed by atoms with Crippen LogP contribution in [-0.4, -0.2) is 26.0 Å². The van der Waals surface area contributed by atoms with E-state index in [0.717, 1.165) is 11.3 Å². The minimum absolute atomic E-state index is 0.00183. The number of tetrazole rings is 1. The monoisotopic (exact) mass is 278 g/mol. The Labute approximate surface area is 122 Å². The van der Waals surface area contributed by atoms with Gasteiger partial charge in [0, 0.05) is 5.56 Å². The average Bonchev–Trinajstić information content (AvgIpc) is 2.97. The first-order valence-electron chi connectivity index (χ1n) is 6.66. The highest BCUT2D eigenvalue weighted by molar-refractivity contribution is 5.97. The number of hydrogen-bond acceptors (Lipinski definition) is 4. The fraction of sp³-hybridized carbons (Fsp3) is 0.125. The minimum Gasteiger partial charge on any atom is -0.294 e. The molecule has 0 N–H and O–H groups in total. The third-order valence-electron chi connectivity index (χ3n) is 3.23. The number of Topliss-reactive ketones (excluding diaryl/α,β-unsaturated/α-hetero) is 1. The molecular formula is C16H14N4O. The fourth-order valence-electron chi connectivity index (χ4n) is 2.07. The molecule has 2 aromatic carbocycles. The van der Waals surface area contributed by atoms with Gasteiger partial charge in [-0.05, 0) is 29.5 Å². The summed E-state index contributed by atoms with van der Waals surface area (Å²) in [6.45, 7) is 1.99. The van der Waals surface area contributed by atoms with Crippen LogP contribution in [0.25, 0.3) is 5.69 Å². The number of hydrogen-bond donors (Lipinski definition) is 0. The summed E-state index contributed by atoms with van der Waals surface area (Å²) < 4.78 is 1.59. The Morgan fingerprint density at radius 2 is 1.76 bits per heavy atom. The van der Waals surface area contributed by atoms with Gasteiger partial charge < -0.3 is 0 Å². The quantitative estimate of drug-likeness (QED) is 0.687. The Balaban J connectivity index is 1.85. The van der Waals surface area contributed by atoms with Gasteiger partial charge in [-0.1, -0.05) is 48.0 Å². The number of benzene rings is 2. The normalized spacial score (nSPS) is 10.5. The molecule has 3 rings (SSSR count). The molecule has 104 valence electrons. The molecule has 0 fully saturated rings. The van der Waals surface area contributed by atoms with E-state index >= 15 is 0 Å². The lowest BCUT2D eigenvalue weighted by molar-refractivity contribution is 0.0990. The first-order chi connectivity index (χ1) is 10.2. The van der Waals surface area contributed by atoms with Gasteiger partial charge in [0.1, 0.15) is 0 Å². The summed E-state index contributed by atoms with van der Waals surface area (Å²) in [6.07, 6.45) is 0.172. The highest BCUT2D eigenvalue weighted by Gasteiger charge is 2.14. The van der Waals surface area contributed by atoms with Crippen molar-refractivity contribution >= 4 is 5.78 Å². The summed E-state index contributed by atoms with van der Waals surface area (Å²) in [5, 5.41) is 11.6. The number of para-hydroxylation sites is 1. The van der Waals surface area contributed by atoms with Gasteiger partial charge in [0.05, 0.1) is 12.1 Å². The molecule has 0 aliphatic carbocycles. The largest absolute Gasteiger partial charge is 0.294 e. The van der Waals surface area contributed by atoms with E-state index in [0.29, 0.717) is 11.4 Å². The van der Waals surface area contributed by atoms with E-state index in [-0.39, 0.29) is 12.2 Å². The standard InChI is InChI=1S/C16H14N4O/c1-12-7-9-13(10-8-12)15(21)11-16-17-18-19-20(16)14-5-3-2-4-6-14/h2-10H,11H2,1H3. The second-order valence-corrected chi connectivity index (χ2v) is 4.81. The molecule has 1 heterocycles. The lowest BCUT2D eigenvalue weighted by Crippen LogP contribution is -2.10. The van der Waals surface area contributed by atoms with E-state index < -0.39 is 0 Å². The van der Waals surface area contributed by atoms with Gasteiger partial charge in [-0.2, -0.15) is 4.68 Å². The number of carbonyl (C=O) groups excluding carboxylic acids is 1. The van der Waals surface area contributed by atoms with E-state index in [1.54, 1.807) is 4.68 Å². The predicted octanol–water partition coefficient (Wildman–Crippen LogP) is 2.40. The number of aryl methyl sites for hydroxylation is 1. The van der Waals surface area contributed by atoms with Crippen LogP contribution in [0.1, 0.15) is 21.7 Å². The summed E-state index contributed by atoms with van der Waals surface area (Å²) in [7, 11) is 0. The molecular weight excluding hydrogens is 264 g/mol. The molecule has 0 atom stereocenters. The van der Waals surface area contributed by atoms with Crippen molar-refractivity contribution in [1.82, 2.24) is 20.2 Å². The molecule has 0 bridgehead atoms. The first-order valence-corrected chi connectivity index (χ1v) is 6.66. The van der Waals surface area contributed by atoms with E-state index in [1.807, 2.05) is 61.5 Å². The van der Waals surface area contributed by atoms with Gasteiger partial charge in [0.2, 0.25) is 0 Å². The number of nitrogens with zero attached hydrogens (tertiary/aromatic N) is 4. The molecule has 5 heteroatoms. The molecule has 3 aromatic rings. The van der Waals surface area contributed by atoms with Gasteiger partial charge in [0.25, 0.3) is 0 Å². The lowest BCUT2D eigenvalue weighted by atomic mass is 10.1. The SMILES string of the molecule is Cc1ccc(C(=O)Cc2nnnn2-c2ccccc2)cc1. The van der Waals surface area contributed by atoms with Crippen molar-refractivity contribution in [1.29, 1.82) is 0 Å². The average molecular weight is 278 g/mol. The molecule has 0 unspecified atom stereocenters. The Morgan fingerprint density at radius 1 is 1.05 bits per heavy atom. The molecule has 0 radical (unpaired) electrons. The third-order valence-corrected chi connectivity index (χ3v) is 3.23. The lowest BCUT2D eigenvalue weighted by Gasteiger charge is -2.04. The molecule has 0 amide bonds. The van der Waals surface area contributed by atoms with Crippen molar-refractivity contribution in [2.45, 2.75) is 13.3 Å². The van der Waals surface area contributed by atoms with Crippen molar-refractivity contribution in [3.8, 4) is 5.69 Å². The van der Waals surface area contributed by atoms with Crippen LogP contribution < -0.4 is 0 Å². The molecule has 0 spiro atoms. The van der Waals surface area contributed by atoms with Crippen molar-refractivity contribution in [3.05, 3.63) is 71.5 Å². The van der Waals surface area contributed by atoms with Crippen LogP contribution in [0.2, 0.25) is 0 Å². The highest BCUT2D eigenvalue weighted by Crippen LogP contribution is 2.11. The molecule has 0 aliphatic rings. The molecule has 0 saturated carbocycles. The van der Waals surface area contributed by atoms with Gasteiger partial charge in [0.15, 0.2) is 11.6 Å². The van der Waals surface area contributed by atoms with Gasteiger partial charge >= 0.3 is 0 Å². The molecule has 0 saturated heterocycles. The second-order valence-electron chi connectivity index (χ2n) is 4.81. The Morgan fingerprint density at radius 3 is 2.48 bits per heavy atom. The van der Waals surface area contributed by atoms with Gasteiger partial charge in [-0.25, -0.2) is 0 Å². The van der Waals surface area contributed by atoms with Crippen molar-refractivity contribution in [3.63, 3.8) is 0 Å². The van der Waals surface area contributed by atoms with Crippen LogP contribution >= 0.6 is 0 Å². The smallest absolute Gasteiger partial charge is 0.170 e. The van der Waals surface area contributed by atoms with Crippen molar-refractivity contribution in [2.24, 2.45) is 0 Å². The van der Waals surface area contributed by atoms with Crippen molar-refractivity contribution in [2.75, 3.05) is 0 Å². The maximum absolute atomic E-state index is 12.3. The number of aromatic nitrogens is 4. The zero-order chi connectivity index (χ0) is 14.7. The van der Waals surface area contributed by atoms with Crippen LogP contribution in [0, 0.1) is 6.92 Å². The van der Waals surface area contributed by atoms with Crippen molar-refractivity contribution < 1.29 is 4.79 Å². The van der Waals surface area contributed by atoms with Crippen LogP contribution in [0.15, 0.2) is 54.6 Å². The molecule has 5 nitrogen and oxygen atoms in total. The number of ketones is 1. The van der Waals surface area contributed by atoms with Crippen LogP contribution in [0.5, 0.6) is 0 Å². The van der Waals surface area contributed by atoms with Crippen LogP contribution in [0.4, 0.5) is 0 Å². The summed E-state index contributed by atoms with van der Waals surface area (Å²) in [5.74, 6) is 0.536. The summed E-state index contributed by atoms with van der Waals surface area (Å²) in [6, 6.07) is 17.0. The minimum atomic E-state index is 0.00183. The second kappa shape index (κ2) is 5.66. The topological polar surface area (TPSA) is 60.7 Å². The summed E-state index contributed by atoms with van der Waals surface area (Å²) in [4.78, 5) is 12.3. The molecule has 21 heavy (non-hydrogen) atoms. The van der Waals surface area contributed by atoms with E-state index in [2.05, 4.69) is 15.5 Å². The molecule has 1 aromatic heterocycles.